The Morgan fingerprint density at radius 3 is 3.25 bits per heavy atom. The number of hydrogen-bond donors (Lipinski definition) is 2. The molecule has 0 aliphatic carbocycles. The molecular formula is C6H11N5O. The molecule has 0 bridgehead atoms. The highest BCUT2D eigenvalue weighted by atomic mass is 16.5. The van der Waals surface area contributed by atoms with Gasteiger partial charge in [-0.25, -0.2) is 0 Å². The first-order valence-corrected chi connectivity index (χ1v) is 3.98. The van der Waals surface area contributed by atoms with Gasteiger partial charge in [-0.1, -0.05) is 5.21 Å². The van der Waals surface area contributed by atoms with Crippen LogP contribution in [0.25, 0.3) is 0 Å². The molecule has 1 atom stereocenters. The highest BCUT2D eigenvalue weighted by Crippen LogP contribution is 1.98. The quantitative estimate of drug-likeness (QED) is 0.577. The van der Waals surface area contributed by atoms with Gasteiger partial charge in [0.05, 0.1) is 13.2 Å². The van der Waals surface area contributed by atoms with E-state index in [1.165, 1.54) is 0 Å². The topological polar surface area (TPSA) is 75.7 Å². The van der Waals surface area contributed by atoms with Gasteiger partial charge in [-0.2, -0.15) is 5.21 Å². The van der Waals surface area contributed by atoms with Gasteiger partial charge in [-0.05, 0) is 0 Å². The van der Waals surface area contributed by atoms with E-state index in [2.05, 4.69) is 25.9 Å². The Bertz CT molecular complexity index is 218. The van der Waals surface area contributed by atoms with Crippen molar-refractivity contribution in [1.82, 2.24) is 25.9 Å². The van der Waals surface area contributed by atoms with Crippen molar-refractivity contribution in [1.29, 1.82) is 0 Å². The number of morpholine rings is 1. The van der Waals surface area contributed by atoms with Crippen LogP contribution >= 0.6 is 0 Å². The number of aromatic nitrogens is 4. The molecule has 0 unspecified atom stereocenters. The van der Waals surface area contributed by atoms with Crippen LogP contribution in [-0.2, 0) is 11.2 Å². The predicted molar refractivity (Wildman–Crippen MR) is 40.5 cm³/mol. The molecule has 0 radical (unpaired) electrons. The van der Waals surface area contributed by atoms with Crippen molar-refractivity contribution in [3.05, 3.63) is 5.82 Å². The van der Waals surface area contributed by atoms with E-state index in [4.69, 9.17) is 4.74 Å². The number of rotatable bonds is 2. The number of tetrazole rings is 1. The molecule has 6 heteroatoms. The summed E-state index contributed by atoms with van der Waals surface area (Å²) < 4.78 is 5.28. The first-order valence-electron chi connectivity index (χ1n) is 3.98. The summed E-state index contributed by atoms with van der Waals surface area (Å²) in [6.45, 7) is 2.43. The fraction of sp³-hybridized carbons (Fsp3) is 0.833. The summed E-state index contributed by atoms with van der Waals surface area (Å²) in [7, 11) is 0. The van der Waals surface area contributed by atoms with E-state index in [0.29, 0.717) is 6.04 Å². The minimum Gasteiger partial charge on any atom is -0.379 e. The van der Waals surface area contributed by atoms with Crippen molar-refractivity contribution in [3.63, 3.8) is 0 Å². The van der Waals surface area contributed by atoms with Gasteiger partial charge < -0.3 is 10.1 Å². The van der Waals surface area contributed by atoms with Gasteiger partial charge in [0.15, 0.2) is 5.82 Å². The third kappa shape index (κ3) is 1.77. The first kappa shape index (κ1) is 7.63. The van der Waals surface area contributed by atoms with E-state index in [0.717, 1.165) is 32.0 Å². The largest absolute Gasteiger partial charge is 0.379 e. The maximum atomic E-state index is 5.28. The van der Waals surface area contributed by atoms with Crippen LogP contribution in [0.5, 0.6) is 0 Å². The van der Waals surface area contributed by atoms with Gasteiger partial charge in [0.2, 0.25) is 0 Å². The van der Waals surface area contributed by atoms with E-state index < -0.39 is 0 Å². The summed E-state index contributed by atoms with van der Waals surface area (Å²) in [4.78, 5) is 0. The van der Waals surface area contributed by atoms with Crippen LogP contribution in [0.4, 0.5) is 0 Å². The molecule has 2 heterocycles. The van der Waals surface area contributed by atoms with E-state index >= 15 is 0 Å². The van der Waals surface area contributed by atoms with E-state index in [-0.39, 0.29) is 0 Å². The van der Waals surface area contributed by atoms with Gasteiger partial charge in [-0.15, -0.1) is 10.2 Å². The fourth-order valence-electron chi connectivity index (χ4n) is 1.24. The maximum absolute atomic E-state index is 5.28. The second-order valence-corrected chi connectivity index (χ2v) is 2.76. The number of nitrogens with one attached hydrogen (secondary N) is 2. The Balaban J connectivity index is 1.86. The second kappa shape index (κ2) is 3.59. The lowest BCUT2D eigenvalue weighted by Gasteiger charge is -2.22. The Labute approximate surface area is 69.7 Å². The first-order chi connectivity index (χ1) is 5.95. The molecule has 1 aromatic rings. The van der Waals surface area contributed by atoms with Crippen LogP contribution in [0.1, 0.15) is 5.82 Å². The average Bonchev–Trinajstić information content (AvgIpc) is 2.59. The molecule has 0 amide bonds. The minimum absolute atomic E-state index is 0.330. The van der Waals surface area contributed by atoms with Crippen molar-refractivity contribution in [2.75, 3.05) is 19.8 Å². The molecule has 0 saturated carbocycles. The van der Waals surface area contributed by atoms with E-state index in [1.54, 1.807) is 0 Å². The van der Waals surface area contributed by atoms with Crippen molar-refractivity contribution < 1.29 is 4.74 Å². The second-order valence-electron chi connectivity index (χ2n) is 2.76. The molecule has 12 heavy (non-hydrogen) atoms. The van der Waals surface area contributed by atoms with Crippen molar-refractivity contribution in [3.8, 4) is 0 Å². The lowest BCUT2D eigenvalue weighted by molar-refractivity contribution is 0.0764. The fourth-order valence-corrected chi connectivity index (χ4v) is 1.24. The molecule has 1 fully saturated rings. The molecule has 1 aliphatic heterocycles. The summed E-state index contributed by atoms with van der Waals surface area (Å²) in [5.74, 6) is 0.734. The highest BCUT2D eigenvalue weighted by Gasteiger charge is 2.15. The summed E-state index contributed by atoms with van der Waals surface area (Å²) in [6.07, 6.45) is 0.774. The molecule has 1 aromatic heterocycles. The molecule has 66 valence electrons. The van der Waals surface area contributed by atoms with Crippen molar-refractivity contribution in [2.24, 2.45) is 0 Å². The number of ether oxygens (including phenoxy) is 1. The zero-order chi connectivity index (χ0) is 8.23. The van der Waals surface area contributed by atoms with Crippen LogP contribution in [0.3, 0.4) is 0 Å². The summed E-state index contributed by atoms with van der Waals surface area (Å²) in [5, 5.41) is 16.9. The van der Waals surface area contributed by atoms with E-state index in [1.807, 2.05) is 0 Å². The third-order valence-electron chi connectivity index (χ3n) is 1.82. The Hall–Kier alpha value is -1.01. The average molecular weight is 169 g/mol. The lowest BCUT2D eigenvalue weighted by atomic mass is 10.2. The summed E-state index contributed by atoms with van der Waals surface area (Å²) in [6, 6.07) is 0.330. The number of H-pyrrole nitrogens is 1. The number of aromatic amines is 1. The smallest absolute Gasteiger partial charge is 0.176 e. The highest BCUT2D eigenvalue weighted by molar-refractivity contribution is 4.85. The van der Waals surface area contributed by atoms with Crippen molar-refractivity contribution in [2.45, 2.75) is 12.5 Å². The SMILES string of the molecule is C1COC[C@@H](Cc2nn[nH]n2)N1. The molecule has 2 rings (SSSR count). The molecule has 1 saturated heterocycles. The van der Waals surface area contributed by atoms with Gasteiger partial charge in [0.1, 0.15) is 0 Å². The Kier molecular flexibility index (Phi) is 2.28. The molecule has 1 aliphatic rings. The van der Waals surface area contributed by atoms with Gasteiger partial charge in [0, 0.05) is 19.0 Å². The molecule has 6 nitrogen and oxygen atoms in total. The maximum Gasteiger partial charge on any atom is 0.176 e. The summed E-state index contributed by atoms with van der Waals surface area (Å²) in [5.41, 5.74) is 0. The van der Waals surface area contributed by atoms with Crippen molar-refractivity contribution >= 4 is 0 Å². The summed E-state index contributed by atoms with van der Waals surface area (Å²) >= 11 is 0. The Morgan fingerprint density at radius 1 is 1.58 bits per heavy atom. The van der Waals surface area contributed by atoms with Crippen LogP contribution in [0, 0.1) is 0 Å². The van der Waals surface area contributed by atoms with Crippen LogP contribution in [0.2, 0.25) is 0 Å². The van der Waals surface area contributed by atoms with Gasteiger partial charge in [-0.3, -0.25) is 0 Å². The van der Waals surface area contributed by atoms with Gasteiger partial charge in [0.25, 0.3) is 0 Å². The zero-order valence-corrected chi connectivity index (χ0v) is 6.66. The standard InChI is InChI=1S/C6H11N5O/c1-2-12-4-5(7-1)3-6-8-10-11-9-6/h5,7H,1-4H2,(H,8,9,10,11)/t5-/m1/s1. The molecule has 2 N–H and O–H groups in total. The minimum atomic E-state index is 0.330. The predicted octanol–water partition coefficient (Wildman–Crippen LogP) is -1.27. The molecular weight excluding hydrogens is 158 g/mol. The monoisotopic (exact) mass is 169 g/mol. The van der Waals surface area contributed by atoms with Crippen LogP contribution in [-0.4, -0.2) is 46.4 Å². The normalized spacial score (nSPS) is 24.2. The zero-order valence-electron chi connectivity index (χ0n) is 6.66. The van der Waals surface area contributed by atoms with E-state index in [9.17, 15) is 0 Å². The Morgan fingerprint density at radius 2 is 2.58 bits per heavy atom. The third-order valence-corrected chi connectivity index (χ3v) is 1.82. The van der Waals surface area contributed by atoms with Crippen LogP contribution < -0.4 is 5.32 Å². The molecule has 0 aromatic carbocycles. The molecule has 0 spiro atoms. The number of hydrogen-bond acceptors (Lipinski definition) is 5. The lowest BCUT2D eigenvalue weighted by Crippen LogP contribution is -2.42. The number of nitrogens with zero attached hydrogens (tertiary/aromatic N) is 3. The van der Waals surface area contributed by atoms with Crippen LogP contribution in [0.15, 0.2) is 0 Å². The van der Waals surface area contributed by atoms with Gasteiger partial charge >= 0.3 is 0 Å².